The summed E-state index contributed by atoms with van der Waals surface area (Å²) < 4.78 is 0. The van der Waals surface area contributed by atoms with Gasteiger partial charge in [-0.25, -0.2) is 0 Å². The molecule has 0 aromatic rings. The molecular weight excluding hydrogens is 198 g/mol. The van der Waals surface area contributed by atoms with Gasteiger partial charge in [-0.05, 0) is 11.8 Å². The number of hydrogen-bond donors (Lipinski definition) is 2. The lowest BCUT2D eigenvalue weighted by Crippen LogP contribution is -2.29. The molecule has 2 N–H and O–H groups in total. The normalized spacial score (nSPS) is 11.1. The van der Waals surface area contributed by atoms with Crippen LogP contribution < -0.4 is 5.32 Å². The molecule has 0 spiro atoms. The first-order chi connectivity index (χ1) is 4.66. The van der Waals surface area contributed by atoms with Gasteiger partial charge in [0.15, 0.2) is 0 Å². The zero-order valence-corrected chi connectivity index (χ0v) is 7.10. The summed E-state index contributed by atoms with van der Waals surface area (Å²) >= 11 is 2.77. The molecule has 0 fully saturated rings. The molecule has 3 nitrogen and oxygen atoms in total. The van der Waals surface area contributed by atoms with Crippen molar-refractivity contribution in [2.45, 2.75) is 13.0 Å². The van der Waals surface area contributed by atoms with Crippen LogP contribution in [0.5, 0.6) is 0 Å². The quantitative estimate of drug-likeness (QED) is 0.616. The van der Waals surface area contributed by atoms with Gasteiger partial charge in [-0.1, -0.05) is 0 Å². The van der Waals surface area contributed by atoms with Gasteiger partial charge in [-0.2, -0.15) is 0 Å². The number of hydrogen-bond acceptors (Lipinski definition) is 2. The van der Waals surface area contributed by atoms with Crippen LogP contribution in [0.15, 0.2) is 0 Å². The van der Waals surface area contributed by atoms with Crippen LogP contribution in [0.3, 0.4) is 0 Å². The van der Waals surface area contributed by atoms with Crippen LogP contribution in [0.25, 0.3) is 0 Å². The predicted octanol–water partition coefficient (Wildman–Crippen LogP) is -0.161. The molecule has 0 aromatic carbocycles. The standard InChI is InChI=1S/C6H8BrNO2/c1-5(9)4-8-6(10)2-3-7/h5,9H,4H2,1H3,(H,8,10)/t5-/m0/s1. The Labute approximate surface area is 67.9 Å². The second kappa shape index (κ2) is 5.27. The summed E-state index contributed by atoms with van der Waals surface area (Å²) in [7, 11) is 0. The molecule has 10 heavy (non-hydrogen) atoms. The maximum Gasteiger partial charge on any atom is 0.296 e. The summed E-state index contributed by atoms with van der Waals surface area (Å²) in [6, 6.07) is 0. The van der Waals surface area contributed by atoms with Crippen molar-refractivity contribution < 1.29 is 9.90 Å². The Balaban J connectivity index is 3.47. The molecule has 0 saturated carbocycles. The van der Waals surface area contributed by atoms with E-state index in [4.69, 9.17) is 5.11 Å². The first kappa shape index (κ1) is 9.47. The fraction of sp³-hybridized carbons (Fsp3) is 0.500. The molecule has 1 atom stereocenters. The molecule has 0 radical (unpaired) electrons. The lowest BCUT2D eigenvalue weighted by Gasteiger charge is -2.01. The Kier molecular flexibility index (Phi) is 4.99. The summed E-state index contributed by atoms with van der Waals surface area (Å²) in [4.78, 5) is 12.8. The van der Waals surface area contributed by atoms with Gasteiger partial charge in [0.05, 0.1) is 6.10 Å². The third kappa shape index (κ3) is 5.60. The number of aliphatic hydroxyl groups excluding tert-OH is 1. The molecule has 0 unspecified atom stereocenters. The van der Waals surface area contributed by atoms with Gasteiger partial charge in [-0.3, -0.25) is 4.79 Å². The number of aliphatic hydroxyl groups is 1. The number of carbonyl (C=O) groups excluding carboxylic acids is 1. The van der Waals surface area contributed by atoms with Crippen molar-refractivity contribution in [3.05, 3.63) is 0 Å². The fourth-order valence-electron chi connectivity index (χ4n) is 0.328. The topological polar surface area (TPSA) is 49.3 Å². The zero-order chi connectivity index (χ0) is 7.98. The minimum Gasteiger partial charge on any atom is -0.392 e. The summed E-state index contributed by atoms with van der Waals surface area (Å²) in [6.45, 7) is 1.82. The van der Waals surface area contributed by atoms with Gasteiger partial charge in [0, 0.05) is 28.4 Å². The highest BCUT2D eigenvalue weighted by Crippen LogP contribution is 1.75. The van der Waals surface area contributed by atoms with Crippen molar-refractivity contribution in [1.29, 1.82) is 0 Å². The summed E-state index contributed by atoms with van der Waals surface area (Å²) in [5.41, 5.74) is 0. The van der Waals surface area contributed by atoms with E-state index in [-0.39, 0.29) is 6.54 Å². The first-order valence-electron chi connectivity index (χ1n) is 2.74. The molecular formula is C6H8BrNO2. The third-order valence-electron chi connectivity index (χ3n) is 0.719. The molecule has 0 aromatic heterocycles. The molecule has 0 aliphatic heterocycles. The second-order valence-corrected chi connectivity index (χ2v) is 2.18. The van der Waals surface area contributed by atoms with Crippen molar-refractivity contribution in [3.63, 3.8) is 0 Å². The summed E-state index contributed by atoms with van der Waals surface area (Å²) in [5, 5.41) is 11.1. The SMILES string of the molecule is C[C@H](O)CNC(=O)C#CBr. The van der Waals surface area contributed by atoms with Crippen LogP contribution in [0.4, 0.5) is 0 Å². The molecule has 1 amide bonds. The number of nitrogens with one attached hydrogen (secondary N) is 1. The molecule has 56 valence electrons. The van der Waals surface area contributed by atoms with Gasteiger partial charge in [0.1, 0.15) is 0 Å². The molecule has 0 aliphatic rings. The van der Waals surface area contributed by atoms with Gasteiger partial charge >= 0.3 is 0 Å². The highest BCUT2D eigenvalue weighted by atomic mass is 79.9. The third-order valence-corrected chi connectivity index (χ3v) is 0.917. The average molecular weight is 206 g/mol. The van der Waals surface area contributed by atoms with E-state index in [9.17, 15) is 4.79 Å². The van der Waals surface area contributed by atoms with Crippen molar-refractivity contribution in [3.8, 4) is 10.8 Å². The fourth-order valence-corrected chi connectivity index (χ4v) is 0.508. The lowest BCUT2D eigenvalue weighted by atomic mass is 10.4. The highest BCUT2D eigenvalue weighted by molar-refractivity contribution is 9.12. The van der Waals surface area contributed by atoms with Gasteiger partial charge < -0.3 is 10.4 Å². The Morgan fingerprint density at radius 1 is 1.90 bits per heavy atom. The molecule has 0 bridgehead atoms. The Bertz CT molecular complexity index is 168. The van der Waals surface area contributed by atoms with Gasteiger partial charge in [-0.15, -0.1) is 0 Å². The molecule has 0 aliphatic carbocycles. The van der Waals surface area contributed by atoms with E-state index in [1.165, 1.54) is 0 Å². The Morgan fingerprint density at radius 2 is 2.50 bits per heavy atom. The largest absolute Gasteiger partial charge is 0.392 e. The monoisotopic (exact) mass is 205 g/mol. The van der Waals surface area contributed by atoms with Crippen LogP contribution in [0, 0.1) is 10.8 Å². The smallest absolute Gasteiger partial charge is 0.296 e. The summed E-state index contributed by atoms with van der Waals surface area (Å²) in [5.74, 6) is 1.82. The van der Waals surface area contributed by atoms with E-state index in [1.807, 2.05) is 0 Å². The van der Waals surface area contributed by atoms with Gasteiger partial charge in [0.25, 0.3) is 5.91 Å². The van der Waals surface area contributed by atoms with E-state index >= 15 is 0 Å². The minimum absolute atomic E-state index is 0.237. The number of amides is 1. The van der Waals surface area contributed by atoms with Crippen LogP contribution in [0.1, 0.15) is 6.92 Å². The minimum atomic E-state index is -0.527. The maximum atomic E-state index is 10.5. The molecule has 0 saturated heterocycles. The second-order valence-electron chi connectivity index (χ2n) is 1.78. The van der Waals surface area contributed by atoms with E-state index < -0.39 is 12.0 Å². The number of rotatable bonds is 2. The van der Waals surface area contributed by atoms with Gasteiger partial charge in [0.2, 0.25) is 0 Å². The number of carbonyl (C=O) groups is 1. The maximum absolute atomic E-state index is 10.5. The van der Waals surface area contributed by atoms with Crippen molar-refractivity contribution >= 4 is 21.8 Å². The van der Waals surface area contributed by atoms with Crippen LogP contribution >= 0.6 is 15.9 Å². The van der Waals surface area contributed by atoms with E-state index in [1.54, 1.807) is 6.92 Å². The molecule has 0 rings (SSSR count). The predicted molar refractivity (Wildman–Crippen MR) is 41.4 cm³/mol. The molecule has 4 heteroatoms. The lowest BCUT2D eigenvalue weighted by molar-refractivity contribution is -0.116. The van der Waals surface area contributed by atoms with Crippen molar-refractivity contribution in [2.75, 3.05) is 6.54 Å². The zero-order valence-electron chi connectivity index (χ0n) is 5.52. The van der Waals surface area contributed by atoms with E-state index in [0.717, 1.165) is 0 Å². The van der Waals surface area contributed by atoms with Crippen LogP contribution in [-0.4, -0.2) is 23.7 Å². The van der Waals surface area contributed by atoms with Crippen LogP contribution in [-0.2, 0) is 4.79 Å². The number of halogens is 1. The van der Waals surface area contributed by atoms with Crippen LogP contribution in [0.2, 0.25) is 0 Å². The van der Waals surface area contributed by atoms with Crippen molar-refractivity contribution in [2.24, 2.45) is 0 Å². The van der Waals surface area contributed by atoms with Crippen molar-refractivity contribution in [1.82, 2.24) is 5.32 Å². The molecule has 0 heterocycles. The first-order valence-corrected chi connectivity index (χ1v) is 3.53. The Hall–Kier alpha value is -0.530. The Morgan fingerprint density at radius 3 is 2.90 bits per heavy atom. The highest BCUT2D eigenvalue weighted by Gasteiger charge is 1.96. The van der Waals surface area contributed by atoms with E-state index in [2.05, 4.69) is 32.0 Å². The summed E-state index contributed by atoms with van der Waals surface area (Å²) in [6.07, 6.45) is -0.527. The average Bonchev–Trinajstić information content (AvgIpc) is 1.85. The van der Waals surface area contributed by atoms with E-state index in [0.29, 0.717) is 0 Å².